The maximum Gasteiger partial charge on any atom is 0.163 e. The first-order valence-corrected chi connectivity index (χ1v) is 11.2. The van der Waals surface area contributed by atoms with Crippen molar-refractivity contribution >= 4 is 22.6 Å². The topological polar surface area (TPSA) is 55.4 Å². The lowest BCUT2D eigenvalue weighted by Crippen LogP contribution is -2.11. The maximum absolute atomic E-state index is 12.1. The number of nitrogens with two attached hydrogens (primary N) is 1. The number of allylic oxidation sites excluding steroid dienone is 3. The number of Topliss-reactive ketones (excluding diaryl/α,β-unsaturated/α-hetero) is 1. The van der Waals surface area contributed by atoms with Gasteiger partial charge in [-0.15, -0.1) is 11.8 Å². The number of aliphatic imine (C=N–C) groups is 1. The van der Waals surface area contributed by atoms with Crippen molar-refractivity contribution in [3.05, 3.63) is 82.1 Å². The summed E-state index contributed by atoms with van der Waals surface area (Å²) in [4.78, 5) is 16.9. The van der Waals surface area contributed by atoms with Gasteiger partial charge in [0.05, 0.1) is 0 Å². The van der Waals surface area contributed by atoms with Crippen LogP contribution in [0.25, 0.3) is 0 Å². The molecule has 1 aromatic rings. The van der Waals surface area contributed by atoms with Gasteiger partial charge in [-0.3, -0.25) is 4.79 Å². The zero-order chi connectivity index (χ0) is 21.6. The molecule has 154 valence electrons. The fraction of sp³-hybridized carbons (Fsp3) is 0.360. The SMILES string of the molecule is C=C(C/C(C)=C(C)/C=C(/CN)C(=C)C)N=C(SC)c1ccc2c(c1)CCCC2=O. The van der Waals surface area contributed by atoms with E-state index in [0.717, 1.165) is 51.4 Å². The van der Waals surface area contributed by atoms with Crippen LogP contribution in [0.3, 0.4) is 0 Å². The van der Waals surface area contributed by atoms with Crippen LogP contribution >= 0.6 is 11.8 Å². The molecule has 0 aliphatic heterocycles. The van der Waals surface area contributed by atoms with E-state index in [1.807, 2.05) is 25.3 Å². The number of carbonyl (C=O) groups excluding carboxylic acids is 1. The number of aryl methyl sites for hydroxylation is 1. The predicted molar refractivity (Wildman–Crippen MR) is 128 cm³/mol. The lowest BCUT2D eigenvalue weighted by atomic mass is 9.89. The minimum atomic E-state index is 0.251. The third-order valence-corrected chi connectivity index (χ3v) is 5.97. The molecule has 3 nitrogen and oxygen atoms in total. The Hall–Kier alpha value is -2.17. The fourth-order valence-electron chi connectivity index (χ4n) is 3.38. The van der Waals surface area contributed by atoms with Crippen LogP contribution in [0.1, 0.15) is 61.5 Å². The summed E-state index contributed by atoms with van der Waals surface area (Å²) in [6, 6.07) is 6.07. The van der Waals surface area contributed by atoms with Gasteiger partial charge in [0.15, 0.2) is 5.78 Å². The molecule has 0 amide bonds. The first-order valence-electron chi connectivity index (χ1n) is 9.96. The van der Waals surface area contributed by atoms with Gasteiger partial charge in [-0.2, -0.15) is 0 Å². The average Bonchev–Trinajstić information content (AvgIpc) is 2.69. The minimum Gasteiger partial charge on any atom is -0.326 e. The van der Waals surface area contributed by atoms with E-state index in [4.69, 9.17) is 10.7 Å². The number of benzene rings is 1. The normalized spacial score (nSPS) is 15.7. The van der Waals surface area contributed by atoms with Crippen LogP contribution in [0.4, 0.5) is 0 Å². The van der Waals surface area contributed by atoms with Crippen molar-refractivity contribution in [1.82, 2.24) is 0 Å². The molecule has 1 aromatic carbocycles. The van der Waals surface area contributed by atoms with E-state index in [2.05, 4.69) is 39.1 Å². The van der Waals surface area contributed by atoms with Crippen LogP contribution in [0, 0.1) is 0 Å². The van der Waals surface area contributed by atoms with Gasteiger partial charge in [0.1, 0.15) is 5.04 Å². The Kier molecular flexibility index (Phi) is 8.42. The van der Waals surface area contributed by atoms with Crippen molar-refractivity contribution in [3.63, 3.8) is 0 Å². The quantitative estimate of drug-likeness (QED) is 0.341. The standard InChI is InChI=1S/C25H32N2OS/c1-16(2)22(15-26)13-18(4)17(3)12-19(5)27-25(29-6)21-10-11-23-20(14-21)8-7-9-24(23)28/h10-11,13-14H,1,5,7-9,12,15,26H2,2-4,6H3/b18-17+,22-13-,27-25?. The van der Waals surface area contributed by atoms with E-state index in [1.54, 1.807) is 11.8 Å². The summed E-state index contributed by atoms with van der Waals surface area (Å²) in [6.07, 6.45) is 7.36. The Morgan fingerprint density at radius 1 is 1.24 bits per heavy atom. The molecule has 0 saturated heterocycles. The van der Waals surface area contributed by atoms with Gasteiger partial charge in [0, 0.05) is 36.2 Å². The summed E-state index contributed by atoms with van der Waals surface area (Å²) in [5, 5.41) is 0.932. The van der Waals surface area contributed by atoms with Crippen LogP contribution in [-0.4, -0.2) is 23.6 Å². The zero-order valence-electron chi connectivity index (χ0n) is 18.1. The second-order valence-electron chi connectivity index (χ2n) is 7.63. The van der Waals surface area contributed by atoms with Crippen molar-refractivity contribution in [3.8, 4) is 0 Å². The molecule has 0 unspecified atom stereocenters. The molecular formula is C25H32N2OS. The van der Waals surface area contributed by atoms with Gasteiger partial charge in [-0.1, -0.05) is 48.1 Å². The van der Waals surface area contributed by atoms with Crippen molar-refractivity contribution in [1.29, 1.82) is 0 Å². The van der Waals surface area contributed by atoms with Crippen LogP contribution in [-0.2, 0) is 6.42 Å². The van der Waals surface area contributed by atoms with Crippen molar-refractivity contribution in [2.45, 2.75) is 46.5 Å². The number of hydrogen-bond acceptors (Lipinski definition) is 4. The van der Waals surface area contributed by atoms with Crippen LogP contribution in [0.5, 0.6) is 0 Å². The zero-order valence-corrected chi connectivity index (χ0v) is 18.9. The fourth-order valence-corrected chi connectivity index (χ4v) is 3.96. The highest BCUT2D eigenvalue weighted by molar-refractivity contribution is 8.13. The van der Waals surface area contributed by atoms with Gasteiger partial charge in [-0.25, -0.2) is 4.99 Å². The summed E-state index contributed by atoms with van der Waals surface area (Å²) >= 11 is 1.60. The molecule has 29 heavy (non-hydrogen) atoms. The van der Waals surface area contributed by atoms with Gasteiger partial charge >= 0.3 is 0 Å². The highest BCUT2D eigenvalue weighted by atomic mass is 32.2. The number of hydrogen-bond donors (Lipinski definition) is 1. The van der Waals surface area contributed by atoms with E-state index in [1.165, 1.54) is 11.1 Å². The second-order valence-corrected chi connectivity index (χ2v) is 8.43. The lowest BCUT2D eigenvalue weighted by molar-refractivity contribution is 0.0972. The molecule has 0 aromatic heterocycles. The second kappa shape index (κ2) is 10.6. The third kappa shape index (κ3) is 6.15. The Morgan fingerprint density at radius 3 is 2.59 bits per heavy atom. The molecule has 0 fully saturated rings. The smallest absolute Gasteiger partial charge is 0.163 e. The molecule has 0 radical (unpaired) electrons. The lowest BCUT2D eigenvalue weighted by Gasteiger charge is -2.16. The third-order valence-electron chi connectivity index (χ3n) is 5.26. The molecule has 0 spiro atoms. The molecule has 2 N–H and O–H groups in total. The Bertz CT molecular complexity index is 919. The number of ketones is 1. The minimum absolute atomic E-state index is 0.251. The van der Waals surface area contributed by atoms with E-state index in [0.29, 0.717) is 19.4 Å². The maximum atomic E-state index is 12.1. The van der Waals surface area contributed by atoms with E-state index in [9.17, 15) is 4.79 Å². The van der Waals surface area contributed by atoms with E-state index in [-0.39, 0.29) is 5.78 Å². The first kappa shape index (κ1) is 23.1. The predicted octanol–water partition coefficient (Wildman–Crippen LogP) is 6.02. The average molecular weight is 409 g/mol. The molecule has 0 bridgehead atoms. The largest absolute Gasteiger partial charge is 0.326 e. The van der Waals surface area contributed by atoms with Gasteiger partial charge < -0.3 is 5.73 Å². The first-order chi connectivity index (χ1) is 13.8. The Morgan fingerprint density at radius 2 is 1.97 bits per heavy atom. The molecular weight excluding hydrogens is 376 g/mol. The molecule has 2 rings (SSSR count). The molecule has 0 atom stereocenters. The van der Waals surface area contributed by atoms with Crippen LogP contribution in [0.15, 0.2) is 70.4 Å². The Balaban J connectivity index is 2.23. The van der Waals surface area contributed by atoms with Crippen LogP contribution in [0.2, 0.25) is 0 Å². The van der Waals surface area contributed by atoms with Crippen molar-refractivity contribution < 1.29 is 4.79 Å². The number of fused-ring (bicyclic) bond motifs is 1. The van der Waals surface area contributed by atoms with Gasteiger partial charge in [0.25, 0.3) is 0 Å². The number of rotatable bonds is 7. The molecule has 0 heterocycles. The summed E-state index contributed by atoms with van der Waals surface area (Å²) in [7, 11) is 0. The molecule has 1 aliphatic carbocycles. The highest BCUT2D eigenvalue weighted by Crippen LogP contribution is 2.25. The van der Waals surface area contributed by atoms with E-state index < -0.39 is 0 Å². The van der Waals surface area contributed by atoms with Crippen molar-refractivity contribution in [2.24, 2.45) is 10.7 Å². The van der Waals surface area contributed by atoms with Gasteiger partial charge in [-0.05, 0) is 57.1 Å². The van der Waals surface area contributed by atoms with E-state index >= 15 is 0 Å². The highest BCUT2D eigenvalue weighted by Gasteiger charge is 2.18. The monoisotopic (exact) mass is 408 g/mol. The number of thioether (sulfide) groups is 1. The summed E-state index contributed by atoms with van der Waals surface area (Å²) in [5.74, 6) is 0.251. The van der Waals surface area contributed by atoms with Gasteiger partial charge in [0.2, 0.25) is 0 Å². The summed E-state index contributed by atoms with van der Waals surface area (Å²) < 4.78 is 0. The molecule has 4 heteroatoms. The Labute approximate surface area is 179 Å². The summed E-state index contributed by atoms with van der Waals surface area (Å²) in [6.45, 7) is 14.8. The number of nitrogens with zero attached hydrogens (tertiary/aromatic N) is 1. The van der Waals surface area contributed by atoms with Crippen LogP contribution < -0.4 is 5.73 Å². The number of carbonyl (C=O) groups is 1. The molecule has 1 aliphatic rings. The molecule has 0 saturated carbocycles. The summed E-state index contributed by atoms with van der Waals surface area (Å²) in [5.41, 5.74) is 14.1. The van der Waals surface area contributed by atoms with Crippen molar-refractivity contribution in [2.75, 3.05) is 12.8 Å².